The van der Waals surface area contributed by atoms with Crippen molar-refractivity contribution < 1.29 is 9.53 Å². The van der Waals surface area contributed by atoms with Crippen LogP contribution < -0.4 is 0 Å². The van der Waals surface area contributed by atoms with Crippen molar-refractivity contribution in [3.8, 4) is 0 Å². The molecule has 2 atom stereocenters. The second kappa shape index (κ2) is 8.12. The Kier molecular flexibility index (Phi) is 5.66. The fourth-order valence-corrected chi connectivity index (χ4v) is 3.43. The summed E-state index contributed by atoms with van der Waals surface area (Å²) < 4.78 is 5.70. The minimum absolute atomic E-state index is 0.0191. The van der Waals surface area contributed by atoms with Crippen molar-refractivity contribution >= 4 is 12.0 Å². The van der Waals surface area contributed by atoms with Crippen LogP contribution in [0.15, 0.2) is 42.9 Å². The number of likely N-dealkylation sites (tertiary alicyclic amines) is 1. The van der Waals surface area contributed by atoms with E-state index in [1.807, 2.05) is 4.90 Å². The van der Waals surface area contributed by atoms with E-state index in [1.165, 1.54) is 11.1 Å². The first kappa shape index (κ1) is 17.4. The highest BCUT2D eigenvalue weighted by Gasteiger charge is 2.30. The van der Waals surface area contributed by atoms with Gasteiger partial charge in [0.1, 0.15) is 0 Å². The van der Waals surface area contributed by atoms with Crippen LogP contribution in [0.4, 0.5) is 0 Å². The van der Waals surface area contributed by atoms with Gasteiger partial charge in [0.2, 0.25) is 5.91 Å². The molecule has 2 aromatic rings. The number of nitrogens with zero attached hydrogens (tertiary/aromatic N) is 2. The summed E-state index contributed by atoms with van der Waals surface area (Å²) in [6, 6.07) is 8.62. The van der Waals surface area contributed by atoms with Gasteiger partial charge in [-0.25, -0.2) is 4.98 Å². The zero-order chi connectivity index (χ0) is 17.6. The molecule has 0 radical (unpaired) electrons. The molecule has 0 aliphatic carbocycles. The van der Waals surface area contributed by atoms with Crippen LogP contribution in [0.25, 0.3) is 6.08 Å². The maximum absolute atomic E-state index is 12.4. The number of benzene rings is 1. The van der Waals surface area contributed by atoms with Crippen LogP contribution >= 0.6 is 0 Å². The van der Waals surface area contributed by atoms with Gasteiger partial charge in [-0.05, 0) is 37.3 Å². The predicted molar refractivity (Wildman–Crippen MR) is 98.0 cm³/mol. The molecule has 25 heavy (non-hydrogen) atoms. The van der Waals surface area contributed by atoms with E-state index < -0.39 is 0 Å². The molecular weight excluding hydrogens is 314 g/mol. The van der Waals surface area contributed by atoms with Gasteiger partial charge in [-0.2, -0.15) is 0 Å². The van der Waals surface area contributed by atoms with Crippen molar-refractivity contribution in [1.29, 1.82) is 0 Å². The van der Waals surface area contributed by atoms with Crippen LogP contribution in [0.2, 0.25) is 0 Å². The molecule has 1 aromatic carbocycles. The first-order chi connectivity index (χ1) is 12.2. The number of H-pyrrole nitrogens is 1. The number of hydrogen-bond acceptors (Lipinski definition) is 3. The van der Waals surface area contributed by atoms with Gasteiger partial charge < -0.3 is 14.6 Å². The van der Waals surface area contributed by atoms with Crippen molar-refractivity contribution in [2.24, 2.45) is 5.92 Å². The number of ether oxygens (including phenoxy) is 1. The molecule has 0 saturated carbocycles. The third-order valence-corrected chi connectivity index (χ3v) is 4.82. The van der Waals surface area contributed by atoms with E-state index in [9.17, 15) is 4.79 Å². The van der Waals surface area contributed by atoms with Crippen LogP contribution in [-0.2, 0) is 16.0 Å². The van der Waals surface area contributed by atoms with Gasteiger partial charge in [-0.1, -0.05) is 29.8 Å². The molecule has 1 fully saturated rings. The van der Waals surface area contributed by atoms with E-state index in [1.54, 1.807) is 31.8 Å². The normalized spacial score (nSPS) is 21.0. The summed E-state index contributed by atoms with van der Waals surface area (Å²) in [5, 5.41) is 0. The van der Waals surface area contributed by atoms with Crippen LogP contribution in [0, 0.1) is 12.8 Å². The van der Waals surface area contributed by atoms with E-state index in [0.29, 0.717) is 12.5 Å². The summed E-state index contributed by atoms with van der Waals surface area (Å²) >= 11 is 0. The average molecular weight is 339 g/mol. The molecule has 1 aromatic heterocycles. The van der Waals surface area contributed by atoms with Gasteiger partial charge >= 0.3 is 0 Å². The van der Waals surface area contributed by atoms with E-state index in [4.69, 9.17) is 4.74 Å². The minimum atomic E-state index is 0.0191. The number of aryl methyl sites for hydroxylation is 1. The van der Waals surface area contributed by atoms with E-state index in [0.717, 1.165) is 25.1 Å². The summed E-state index contributed by atoms with van der Waals surface area (Å²) in [6.45, 7) is 3.52. The molecule has 132 valence electrons. The number of piperidine rings is 1. The maximum Gasteiger partial charge on any atom is 0.246 e. The van der Waals surface area contributed by atoms with Gasteiger partial charge in [0.25, 0.3) is 0 Å². The molecule has 1 amide bonds. The molecule has 5 nitrogen and oxygen atoms in total. The summed E-state index contributed by atoms with van der Waals surface area (Å²) in [5.74, 6) is 0.457. The van der Waals surface area contributed by atoms with Crippen LogP contribution in [0.1, 0.15) is 23.2 Å². The quantitative estimate of drug-likeness (QED) is 0.852. The third-order valence-electron chi connectivity index (χ3n) is 4.82. The molecule has 3 rings (SSSR count). The van der Waals surface area contributed by atoms with Gasteiger partial charge in [-0.3, -0.25) is 4.79 Å². The number of hydrogen-bond donors (Lipinski definition) is 1. The molecule has 1 aliphatic rings. The Morgan fingerprint density at radius 1 is 1.48 bits per heavy atom. The SMILES string of the molecule is CO[C@@H]1CN(C(=O)C=Cc2cnc[nH]2)CC[C@@H]1Cc1cccc(C)c1. The summed E-state index contributed by atoms with van der Waals surface area (Å²) in [5.41, 5.74) is 3.44. The zero-order valence-electron chi connectivity index (χ0n) is 14.8. The number of amides is 1. The molecular formula is C20H25N3O2. The molecule has 1 saturated heterocycles. The smallest absolute Gasteiger partial charge is 0.246 e. The van der Waals surface area contributed by atoms with Crippen molar-refractivity contribution in [3.05, 3.63) is 59.7 Å². The fourth-order valence-electron chi connectivity index (χ4n) is 3.43. The number of carbonyl (C=O) groups excluding carboxylic acids is 1. The Morgan fingerprint density at radius 3 is 3.08 bits per heavy atom. The highest BCUT2D eigenvalue weighted by Crippen LogP contribution is 2.25. The zero-order valence-corrected chi connectivity index (χ0v) is 14.8. The molecule has 2 heterocycles. The van der Waals surface area contributed by atoms with Crippen LogP contribution in [0.5, 0.6) is 0 Å². The Hall–Kier alpha value is -2.40. The lowest BCUT2D eigenvalue weighted by Gasteiger charge is -2.37. The number of imidazole rings is 1. The Bertz CT molecular complexity index is 724. The molecule has 5 heteroatoms. The predicted octanol–water partition coefficient (Wildman–Crippen LogP) is 2.84. The maximum atomic E-state index is 12.4. The number of carbonyl (C=O) groups is 1. The number of aromatic amines is 1. The first-order valence-corrected chi connectivity index (χ1v) is 8.69. The fraction of sp³-hybridized carbons (Fsp3) is 0.400. The topological polar surface area (TPSA) is 58.2 Å². The minimum Gasteiger partial charge on any atom is -0.379 e. The molecule has 0 spiro atoms. The van der Waals surface area contributed by atoms with Crippen LogP contribution in [0.3, 0.4) is 0 Å². The summed E-state index contributed by atoms with van der Waals surface area (Å²) in [7, 11) is 1.74. The number of rotatable bonds is 5. The summed E-state index contributed by atoms with van der Waals surface area (Å²) in [4.78, 5) is 21.2. The number of aromatic nitrogens is 2. The van der Waals surface area contributed by atoms with Crippen molar-refractivity contribution in [1.82, 2.24) is 14.9 Å². The van der Waals surface area contributed by atoms with E-state index >= 15 is 0 Å². The molecule has 0 bridgehead atoms. The number of nitrogens with one attached hydrogen (secondary N) is 1. The number of methoxy groups -OCH3 is 1. The molecule has 1 N–H and O–H groups in total. The van der Waals surface area contributed by atoms with Crippen molar-refractivity contribution in [2.75, 3.05) is 20.2 Å². The lowest BCUT2D eigenvalue weighted by atomic mass is 9.87. The molecule has 0 unspecified atom stereocenters. The van der Waals surface area contributed by atoms with E-state index in [-0.39, 0.29) is 12.0 Å². The first-order valence-electron chi connectivity index (χ1n) is 8.69. The second-order valence-corrected chi connectivity index (χ2v) is 6.64. The Morgan fingerprint density at radius 2 is 2.36 bits per heavy atom. The lowest BCUT2D eigenvalue weighted by Crippen LogP contribution is -2.47. The Balaban J connectivity index is 1.60. The second-order valence-electron chi connectivity index (χ2n) is 6.64. The highest BCUT2D eigenvalue weighted by atomic mass is 16.5. The summed E-state index contributed by atoms with van der Waals surface area (Å²) in [6.07, 6.45) is 8.66. The van der Waals surface area contributed by atoms with Gasteiger partial charge in [0.05, 0.1) is 24.3 Å². The Labute approximate surface area is 148 Å². The largest absolute Gasteiger partial charge is 0.379 e. The lowest BCUT2D eigenvalue weighted by molar-refractivity contribution is -0.131. The monoisotopic (exact) mass is 339 g/mol. The van der Waals surface area contributed by atoms with Crippen molar-refractivity contribution in [2.45, 2.75) is 25.9 Å². The standard InChI is InChI=1S/C20H25N3O2/c1-15-4-3-5-16(10-15)11-17-8-9-23(13-19(17)25-2)20(24)7-6-18-12-21-14-22-18/h3-7,10,12,14,17,19H,8-9,11,13H2,1-2H3,(H,21,22)/t17-,19-/m1/s1. The highest BCUT2D eigenvalue weighted by molar-refractivity contribution is 5.91. The molecule has 1 aliphatic heterocycles. The van der Waals surface area contributed by atoms with E-state index in [2.05, 4.69) is 41.2 Å². The van der Waals surface area contributed by atoms with Gasteiger partial charge in [0.15, 0.2) is 0 Å². The average Bonchev–Trinajstić information content (AvgIpc) is 3.13. The van der Waals surface area contributed by atoms with Gasteiger partial charge in [-0.15, -0.1) is 0 Å². The third kappa shape index (κ3) is 4.57. The van der Waals surface area contributed by atoms with Crippen molar-refractivity contribution in [3.63, 3.8) is 0 Å². The van der Waals surface area contributed by atoms with Gasteiger partial charge in [0, 0.05) is 26.3 Å². The van der Waals surface area contributed by atoms with Crippen LogP contribution in [-0.4, -0.2) is 47.1 Å².